The molecule has 0 bridgehead atoms. The molecule has 156 valence electrons. The van der Waals surface area contributed by atoms with Gasteiger partial charge in [0.05, 0.1) is 0 Å². The molecular weight excluding hydrogens is 366 g/mol. The van der Waals surface area contributed by atoms with Crippen LogP contribution in [0.2, 0.25) is 0 Å². The monoisotopic (exact) mass is 403 g/mol. The molecule has 0 radical (unpaired) electrons. The summed E-state index contributed by atoms with van der Waals surface area (Å²) >= 11 is 5.36. The lowest BCUT2D eigenvalue weighted by atomic mass is 9.85. The van der Waals surface area contributed by atoms with E-state index in [1.54, 1.807) is 5.57 Å². The van der Waals surface area contributed by atoms with Crippen LogP contribution in [-0.4, -0.2) is 35.6 Å². The SMILES string of the molecule is O=C(CCCCNC(=S)NCCC1=CCCCC1)N1CCCC2CCCC=C21. The van der Waals surface area contributed by atoms with Crippen molar-refractivity contribution in [2.24, 2.45) is 5.92 Å². The zero-order chi connectivity index (χ0) is 19.6. The first-order valence-corrected chi connectivity index (χ1v) is 11.8. The van der Waals surface area contributed by atoms with Crippen molar-refractivity contribution < 1.29 is 4.79 Å². The van der Waals surface area contributed by atoms with Gasteiger partial charge in [-0.2, -0.15) is 0 Å². The zero-order valence-corrected chi connectivity index (χ0v) is 18.1. The third kappa shape index (κ3) is 6.61. The molecular formula is C23H37N3OS. The average molecular weight is 404 g/mol. The van der Waals surface area contributed by atoms with E-state index < -0.39 is 0 Å². The van der Waals surface area contributed by atoms with E-state index in [0.717, 1.165) is 56.9 Å². The Balaban J connectivity index is 1.25. The lowest BCUT2D eigenvalue weighted by molar-refractivity contribution is -0.130. The molecule has 0 aromatic heterocycles. The molecule has 5 heteroatoms. The van der Waals surface area contributed by atoms with E-state index >= 15 is 0 Å². The fourth-order valence-corrected chi connectivity index (χ4v) is 4.92. The van der Waals surface area contributed by atoms with Gasteiger partial charge in [-0.15, -0.1) is 0 Å². The molecule has 1 saturated heterocycles. The summed E-state index contributed by atoms with van der Waals surface area (Å²) in [7, 11) is 0. The van der Waals surface area contributed by atoms with Crippen molar-refractivity contribution in [3.05, 3.63) is 23.4 Å². The number of fused-ring (bicyclic) bond motifs is 1. The number of hydrogen-bond acceptors (Lipinski definition) is 2. The van der Waals surface area contributed by atoms with Crippen molar-refractivity contribution in [3.63, 3.8) is 0 Å². The van der Waals surface area contributed by atoms with Crippen molar-refractivity contribution in [1.29, 1.82) is 0 Å². The molecule has 1 amide bonds. The Kier molecular flexibility index (Phi) is 8.84. The second-order valence-corrected chi connectivity index (χ2v) is 8.85. The van der Waals surface area contributed by atoms with Gasteiger partial charge in [-0.3, -0.25) is 4.79 Å². The van der Waals surface area contributed by atoms with Crippen LogP contribution in [0.1, 0.15) is 83.5 Å². The van der Waals surface area contributed by atoms with Gasteiger partial charge in [0.1, 0.15) is 0 Å². The highest BCUT2D eigenvalue weighted by molar-refractivity contribution is 7.80. The summed E-state index contributed by atoms with van der Waals surface area (Å²) in [6, 6.07) is 0. The smallest absolute Gasteiger partial charge is 0.226 e. The van der Waals surface area contributed by atoms with Crippen molar-refractivity contribution in [1.82, 2.24) is 15.5 Å². The van der Waals surface area contributed by atoms with E-state index in [9.17, 15) is 4.79 Å². The normalized spacial score (nSPS) is 22.0. The van der Waals surface area contributed by atoms with Crippen LogP contribution in [-0.2, 0) is 4.79 Å². The number of carbonyl (C=O) groups excluding carboxylic acids is 1. The van der Waals surface area contributed by atoms with Gasteiger partial charge >= 0.3 is 0 Å². The van der Waals surface area contributed by atoms with E-state index in [-0.39, 0.29) is 0 Å². The first-order valence-electron chi connectivity index (χ1n) is 11.4. The summed E-state index contributed by atoms with van der Waals surface area (Å²) in [4.78, 5) is 14.8. The zero-order valence-electron chi connectivity index (χ0n) is 17.3. The molecule has 2 N–H and O–H groups in total. The average Bonchev–Trinajstić information content (AvgIpc) is 2.73. The fourth-order valence-electron chi connectivity index (χ4n) is 4.71. The maximum Gasteiger partial charge on any atom is 0.226 e. The van der Waals surface area contributed by atoms with E-state index in [4.69, 9.17) is 12.2 Å². The van der Waals surface area contributed by atoms with Crippen LogP contribution >= 0.6 is 12.2 Å². The van der Waals surface area contributed by atoms with Gasteiger partial charge in [0.2, 0.25) is 5.91 Å². The molecule has 4 nitrogen and oxygen atoms in total. The number of piperidine rings is 1. The number of rotatable bonds is 8. The molecule has 3 rings (SSSR count). The van der Waals surface area contributed by atoms with Gasteiger partial charge < -0.3 is 15.5 Å². The maximum atomic E-state index is 12.7. The van der Waals surface area contributed by atoms with E-state index in [0.29, 0.717) is 18.2 Å². The lowest BCUT2D eigenvalue weighted by Crippen LogP contribution is -2.39. The van der Waals surface area contributed by atoms with Crippen molar-refractivity contribution in [3.8, 4) is 0 Å². The number of amides is 1. The second-order valence-electron chi connectivity index (χ2n) is 8.44. The third-order valence-corrected chi connectivity index (χ3v) is 6.58. The highest BCUT2D eigenvalue weighted by Crippen LogP contribution is 2.35. The van der Waals surface area contributed by atoms with E-state index in [1.165, 1.54) is 50.6 Å². The summed E-state index contributed by atoms with van der Waals surface area (Å²) in [6.07, 6.45) is 19.7. The van der Waals surface area contributed by atoms with Crippen molar-refractivity contribution in [2.45, 2.75) is 83.5 Å². The van der Waals surface area contributed by atoms with Gasteiger partial charge in [0, 0.05) is 31.8 Å². The summed E-state index contributed by atoms with van der Waals surface area (Å²) in [5.41, 5.74) is 2.91. The van der Waals surface area contributed by atoms with Gasteiger partial charge in [-0.25, -0.2) is 0 Å². The number of allylic oxidation sites excluding steroid dienone is 3. The molecule has 28 heavy (non-hydrogen) atoms. The number of likely N-dealkylation sites (tertiary alicyclic amines) is 1. The molecule has 3 aliphatic rings. The Morgan fingerprint density at radius 2 is 1.86 bits per heavy atom. The molecule has 0 saturated carbocycles. The standard InChI is InChI=1S/C23H37N3OS/c27-22(26-18-8-12-20-11-4-5-13-21(20)26)14-6-7-16-24-23(28)25-17-15-19-9-2-1-3-10-19/h9,13,20H,1-8,10-12,14-18H2,(H2,24,25,28). The van der Waals surface area contributed by atoms with Gasteiger partial charge in [-0.05, 0) is 95.2 Å². The molecule has 0 spiro atoms. The Labute approximate surface area is 176 Å². The molecule has 1 heterocycles. The number of unbranched alkanes of at least 4 members (excludes halogenated alkanes) is 1. The first-order chi connectivity index (χ1) is 13.7. The maximum absolute atomic E-state index is 12.7. The van der Waals surface area contributed by atoms with E-state index in [2.05, 4.69) is 27.7 Å². The Morgan fingerprint density at radius 1 is 1.04 bits per heavy atom. The summed E-state index contributed by atoms with van der Waals surface area (Å²) in [6.45, 7) is 2.68. The topological polar surface area (TPSA) is 44.4 Å². The van der Waals surface area contributed by atoms with Crippen molar-refractivity contribution >= 4 is 23.2 Å². The Morgan fingerprint density at radius 3 is 2.71 bits per heavy atom. The molecule has 1 atom stereocenters. The highest BCUT2D eigenvalue weighted by Gasteiger charge is 2.29. The van der Waals surface area contributed by atoms with Crippen LogP contribution < -0.4 is 10.6 Å². The van der Waals surface area contributed by atoms with Gasteiger partial charge in [0.15, 0.2) is 5.11 Å². The molecule has 0 aromatic rings. The number of thiocarbonyl (C=S) groups is 1. The van der Waals surface area contributed by atoms with Crippen LogP contribution in [0.15, 0.2) is 23.4 Å². The predicted molar refractivity (Wildman–Crippen MR) is 120 cm³/mol. The quantitative estimate of drug-likeness (QED) is 0.346. The highest BCUT2D eigenvalue weighted by atomic mass is 32.1. The Hall–Kier alpha value is -1.36. The summed E-state index contributed by atoms with van der Waals surface area (Å²) in [5, 5.41) is 7.34. The largest absolute Gasteiger partial charge is 0.363 e. The van der Waals surface area contributed by atoms with Crippen molar-refractivity contribution in [2.75, 3.05) is 19.6 Å². The molecule has 1 aliphatic heterocycles. The predicted octanol–water partition coefficient (Wildman–Crippen LogP) is 4.82. The molecule has 1 unspecified atom stereocenters. The van der Waals surface area contributed by atoms with Crippen LogP contribution in [0.25, 0.3) is 0 Å². The summed E-state index contributed by atoms with van der Waals surface area (Å²) < 4.78 is 0. The second kappa shape index (κ2) is 11.6. The molecule has 0 aromatic carbocycles. The third-order valence-electron chi connectivity index (χ3n) is 6.30. The minimum atomic E-state index is 0.319. The number of nitrogens with zero attached hydrogens (tertiary/aromatic N) is 1. The Bertz CT molecular complexity index is 599. The number of carbonyl (C=O) groups is 1. The van der Waals surface area contributed by atoms with Gasteiger partial charge in [0.25, 0.3) is 0 Å². The van der Waals surface area contributed by atoms with Crippen LogP contribution in [0, 0.1) is 5.92 Å². The minimum Gasteiger partial charge on any atom is -0.363 e. The molecule has 2 aliphatic carbocycles. The van der Waals surface area contributed by atoms with Crippen LogP contribution in [0.4, 0.5) is 0 Å². The summed E-state index contributed by atoms with van der Waals surface area (Å²) in [5.74, 6) is 0.959. The van der Waals surface area contributed by atoms with E-state index in [1.807, 2.05) is 0 Å². The lowest BCUT2D eigenvalue weighted by Gasteiger charge is -2.38. The fraction of sp³-hybridized carbons (Fsp3) is 0.739. The number of hydrogen-bond donors (Lipinski definition) is 2. The number of nitrogens with one attached hydrogen (secondary N) is 2. The minimum absolute atomic E-state index is 0.319. The molecule has 1 fully saturated rings. The van der Waals surface area contributed by atoms with Gasteiger partial charge in [-0.1, -0.05) is 17.7 Å². The van der Waals surface area contributed by atoms with Crippen LogP contribution in [0.5, 0.6) is 0 Å². The van der Waals surface area contributed by atoms with Crippen LogP contribution in [0.3, 0.4) is 0 Å². The first kappa shape index (κ1) is 21.4.